The van der Waals surface area contributed by atoms with Gasteiger partial charge in [0.2, 0.25) is 0 Å². The predicted octanol–water partition coefficient (Wildman–Crippen LogP) is 4.71. The number of hydrogen-bond acceptors (Lipinski definition) is 1. The molecule has 2 rings (SSSR count). The highest BCUT2D eigenvalue weighted by molar-refractivity contribution is 9.12. The van der Waals surface area contributed by atoms with Crippen LogP contribution in [0.5, 0.6) is 0 Å². The van der Waals surface area contributed by atoms with Gasteiger partial charge in [-0.05, 0) is 45.8 Å². The Balaban J connectivity index is 2.10. The molecule has 0 aromatic heterocycles. The fourth-order valence-corrected chi connectivity index (χ4v) is 2.07. The molecular formula is C15H11BrClNO. The molecule has 0 unspecified atom stereocenters. The lowest BCUT2D eigenvalue weighted by molar-refractivity contribution is -0.112. The summed E-state index contributed by atoms with van der Waals surface area (Å²) in [6, 6.07) is 16.6. The summed E-state index contributed by atoms with van der Waals surface area (Å²) < 4.78 is 0.457. The van der Waals surface area contributed by atoms with Gasteiger partial charge in [-0.2, -0.15) is 0 Å². The molecule has 96 valence electrons. The van der Waals surface area contributed by atoms with E-state index in [-0.39, 0.29) is 5.91 Å². The smallest absolute Gasteiger partial charge is 0.262 e. The molecule has 0 fully saturated rings. The number of rotatable bonds is 3. The first-order chi connectivity index (χ1) is 9.15. The average Bonchev–Trinajstić information content (AvgIpc) is 2.40. The van der Waals surface area contributed by atoms with Crippen molar-refractivity contribution >= 4 is 45.2 Å². The van der Waals surface area contributed by atoms with E-state index in [0.29, 0.717) is 15.2 Å². The van der Waals surface area contributed by atoms with E-state index in [1.54, 1.807) is 30.3 Å². The Hall–Kier alpha value is -1.58. The third-order valence-electron chi connectivity index (χ3n) is 2.39. The maximum Gasteiger partial charge on any atom is 0.262 e. The largest absolute Gasteiger partial charge is 0.321 e. The minimum absolute atomic E-state index is 0.217. The van der Waals surface area contributed by atoms with Gasteiger partial charge in [-0.25, -0.2) is 0 Å². The average molecular weight is 337 g/mol. The van der Waals surface area contributed by atoms with Gasteiger partial charge < -0.3 is 5.32 Å². The van der Waals surface area contributed by atoms with Gasteiger partial charge in [-0.15, -0.1) is 0 Å². The lowest BCUT2D eigenvalue weighted by atomic mass is 10.2. The van der Waals surface area contributed by atoms with Gasteiger partial charge in [0.1, 0.15) is 0 Å². The highest BCUT2D eigenvalue weighted by Crippen LogP contribution is 2.18. The van der Waals surface area contributed by atoms with Crippen LogP contribution in [-0.2, 0) is 4.79 Å². The van der Waals surface area contributed by atoms with Crippen molar-refractivity contribution in [2.45, 2.75) is 0 Å². The van der Waals surface area contributed by atoms with Crippen molar-refractivity contribution < 1.29 is 4.79 Å². The highest BCUT2D eigenvalue weighted by atomic mass is 79.9. The molecule has 0 bridgehead atoms. The van der Waals surface area contributed by atoms with Crippen molar-refractivity contribution in [2.24, 2.45) is 0 Å². The number of carbonyl (C=O) groups is 1. The zero-order chi connectivity index (χ0) is 13.7. The molecule has 2 aromatic carbocycles. The summed E-state index contributed by atoms with van der Waals surface area (Å²) in [6.45, 7) is 0. The van der Waals surface area contributed by atoms with E-state index >= 15 is 0 Å². The number of anilines is 1. The molecule has 2 aromatic rings. The monoisotopic (exact) mass is 335 g/mol. The summed E-state index contributed by atoms with van der Waals surface area (Å²) >= 11 is 9.13. The maximum absolute atomic E-state index is 12.0. The Morgan fingerprint density at radius 2 is 1.84 bits per heavy atom. The van der Waals surface area contributed by atoms with Gasteiger partial charge in [0, 0.05) is 10.7 Å². The molecule has 0 atom stereocenters. The zero-order valence-electron chi connectivity index (χ0n) is 9.94. The molecule has 0 aliphatic heterocycles. The fourth-order valence-electron chi connectivity index (χ4n) is 1.52. The van der Waals surface area contributed by atoms with Gasteiger partial charge in [-0.1, -0.05) is 48.0 Å². The molecular weight excluding hydrogens is 326 g/mol. The zero-order valence-corrected chi connectivity index (χ0v) is 12.3. The summed E-state index contributed by atoms with van der Waals surface area (Å²) in [4.78, 5) is 12.0. The first kappa shape index (κ1) is 13.8. The van der Waals surface area contributed by atoms with Crippen LogP contribution < -0.4 is 5.32 Å². The Morgan fingerprint density at radius 1 is 1.11 bits per heavy atom. The van der Waals surface area contributed by atoms with Crippen LogP contribution in [0.15, 0.2) is 59.1 Å². The van der Waals surface area contributed by atoms with Crippen molar-refractivity contribution in [3.63, 3.8) is 0 Å². The molecule has 0 saturated heterocycles. The van der Waals surface area contributed by atoms with E-state index in [2.05, 4.69) is 21.2 Å². The third kappa shape index (κ3) is 4.23. The summed E-state index contributed by atoms with van der Waals surface area (Å²) in [5, 5.41) is 3.35. The number of hydrogen-bond donors (Lipinski definition) is 1. The molecule has 0 spiro atoms. The number of amides is 1. The first-order valence-corrected chi connectivity index (χ1v) is 6.81. The fraction of sp³-hybridized carbons (Fsp3) is 0. The van der Waals surface area contributed by atoms with Gasteiger partial charge in [0.25, 0.3) is 5.91 Å². The number of benzene rings is 2. The van der Waals surface area contributed by atoms with Crippen LogP contribution in [0.3, 0.4) is 0 Å². The van der Waals surface area contributed by atoms with Crippen LogP contribution in [0.2, 0.25) is 5.02 Å². The van der Waals surface area contributed by atoms with Crippen molar-refractivity contribution in [1.29, 1.82) is 0 Å². The van der Waals surface area contributed by atoms with Crippen molar-refractivity contribution in [3.05, 3.63) is 69.7 Å². The highest BCUT2D eigenvalue weighted by Gasteiger charge is 2.06. The molecule has 0 aliphatic carbocycles. The second-order valence-corrected chi connectivity index (χ2v) is 5.16. The van der Waals surface area contributed by atoms with Crippen LogP contribution in [0.25, 0.3) is 6.08 Å². The lowest BCUT2D eigenvalue weighted by Gasteiger charge is -2.04. The predicted molar refractivity (Wildman–Crippen MR) is 83.4 cm³/mol. The third-order valence-corrected chi connectivity index (χ3v) is 3.22. The summed E-state index contributed by atoms with van der Waals surface area (Å²) in [5.41, 5.74) is 1.62. The molecule has 0 saturated carbocycles. The molecule has 0 heterocycles. The number of nitrogens with one attached hydrogen (secondary N) is 1. The Kier molecular flexibility index (Phi) is 4.77. The first-order valence-electron chi connectivity index (χ1n) is 5.64. The Labute approximate surface area is 125 Å². The molecule has 19 heavy (non-hydrogen) atoms. The standard InChI is InChI=1S/C15H11BrClNO/c16-14(9-11-5-2-1-3-6-11)15(19)18-13-8-4-7-12(17)10-13/h1-10H,(H,18,19)/b14-9+. The van der Waals surface area contributed by atoms with E-state index < -0.39 is 0 Å². The molecule has 0 aliphatic rings. The molecule has 1 amide bonds. The normalized spacial score (nSPS) is 11.2. The van der Waals surface area contributed by atoms with Gasteiger partial charge in [0.05, 0.1) is 4.48 Å². The number of carbonyl (C=O) groups excluding carboxylic acids is 1. The van der Waals surface area contributed by atoms with E-state index in [0.717, 1.165) is 5.56 Å². The number of halogens is 2. The molecule has 0 radical (unpaired) electrons. The second-order valence-electron chi connectivity index (χ2n) is 3.87. The second kappa shape index (κ2) is 6.55. The van der Waals surface area contributed by atoms with E-state index in [4.69, 9.17) is 11.6 Å². The topological polar surface area (TPSA) is 29.1 Å². The Morgan fingerprint density at radius 3 is 2.53 bits per heavy atom. The van der Waals surface area contributed by atoms with Gasteiger partial charge in [0.15, 0.2) is 0 Å². The van der Waals surface area contributed by atoms with E-state index in [9.17, 15) is 4.79 Å². The molecule has 4 heteroatoms. The van der Waals surface area contributed by atoms with Gasteiger partial charge in [-0.3, -0.25) is 4.79 Å². The van der Waals surface area contributed by atoms with E-state index in [1.807, 2.05) is 30.3 Å². The van der Waals surface area contributed by atoms with Crippen LogP contribution in [-0.4, -0.2) is 5.91 Å². The van der Waals surface area contributed by atoms with Crippen LogP contribution in [0, 0.1) is 0 Å². The lowest BCUT2D eigenvalue weighted by Crippen LogP contribution is -2.10. The minimum Gasteiger partial charge on any atom is -0.321 e. The van der Waals surface area contributed by atoms with Crippen molar-refractivity contribution in [1.82, 2.24) is 0 Å². The van der Waals surface area contributed by atoms with Crippen molar-refractivity contribution in [3.8, 4) is 0 Å². The van der Waals surface area contributed by atoms with Crippen LogP contribution >= 0.6 is 27.5 Å². The Bertz CT molecular complexity index is 611. The maximum atomic E-state index is 12.0. The van der Waals surface area contributed by atoms with Crippen LogP contribution in [0.4, 0.5) is 5.69 Å². The van der Waals surface area contributed by atoms with Gasteiger partial charge >= 0.3 is 0 Å². The quantitative estimate of drug-likeness (QED) is 0.808. The molecule has 1 N–H and O–H groups in total. The van der Waals surface area contributed by atoms with E-state index in [1.165, 1.54) is 0 Å². The molecule has 2 nitrogen and oxygen atoms in total. The summed E-state index contributed by atoms with van der Waals surface area (Å²) in [5.74, 6) is -0.217. The minimum atomic E-state index is -0.217. The summed E-state index contributed by atoms with van der Waals surface area (Å²) in [6.07, 6.45) is 1.76. The SMILES string of the molecule is O=C(Nc1cccc(Cl)c1)/C(Br)=C\c1ccccc1. The van der Waals surface area contributed by atoms with Crippen molar-refractivity contribution in [2.75, 3.05) is 5.32 Å². The van der Waals surface area contributed by atoms with Crippen LogP contribution in [0.1, 0.15) is 5.56 Å². The summed E-state index contributed by atoms with van der Waals surface area (Å²) in [7, 11) is 0.